The van der Waals surface area contributed by atoms with Crippen molar-refractivity contribution >= 4 is 27.8 Å². The number of hydrogen-bond acceptors (Lipinski definition) is 3. The molecule has 0 saturated heterocycles. The molecule has 2 rings (SSSR count). The van der Waals surface area contributed by atoms with E-state index in [4.69, 9.17) is 4.55 Å². The van der Waals surface area contributed by atoms with Crippen molar-refractivity contribution in [2.45, 2.75) is 4.90 Å². The highest BCUT2D eigenvalue weighted by molar-refractivity contribution is 7.86. The number of rotatable bonds is 4. The molecule has 0 aliphatic rings. The van der Waals surface area contributed by atoms with Crippen LogP contribution in [0.4, 0.5) is 5.69 Å². The first-order valence-corrected chi connectivity index (χ1v) is 7.51. The van der Waals surface area contributed by atoms with Gasteiger partial charge in [0, 0.05) is 6.08 Å². The van der Waals surface area contributed by atoms with E-state index in [0.717, 1.165) is 5.56 Å². The van der Waals surface area contributed by atoms with Crippen LogP contribution in [0, 0.1) is 0 Å². The molecule has 0 aromatic heterocycles. The van der Waals surface area contributed by atoms with Crippen LogP contribution >= 0.6 is 0 Å². The third kappa shape index (κ3) is 4.27. The zero-order chi connectivity index (χ0) is 15.3. The molecule has 108 valence electrons. The Morgan fingerprint density at radius 1 is 1.00 bits per heavy atom. The van der Waals surface area contributed by atoms with Crippen LogP contribution < -0.4 is 5.32 Å². The number of carbonyl (C=O) groups excluding carboxylic acids is 1. The normalized spacial score (nSPS) is 11.5. The Balaban J connectivity index is 2.16. The Morgan fingerprint density at radius 3 is 2.29 bits per heavy atom. The highest BCUT2D eigenvalue weighted by Crippen LogP contribution is 2.20. The lowest BCUT2D eigenvalue weighted by Gasteiger charge is -2.06. The number of nitrogens with one attached hydrogen (secondary N) is 1. The molecule has 0 unspecified atom stereocenters. The van der Waals surface area contributed by atoms with Crippen LogP contribution in [0.1, 0.15) is 5.56 Å². The lowest BCUT2D eigenvalue weighted by Crippen LogP contribution is -2.11. The lowest BCUT2D eigenvalue weighted by molar-refractivity contribution is -0.111. The molecule has 0 bridgehead atoms. The first-order chi connectivity index (χ1) is 9.97. The summed E-state index contributed by atoms with van der Waals surface area (Å²) >= 11 is 0. The number of hydrogen-bond donors (Lipinski definition) is 2. The van der Waals surface area contributed by atoms with Crippen molar-refractivity contribution in [3.63, 3.8) is 0 Å². The van der Waals surface area contributed by atoms with Crippen LogP contribution in [0.2, 0.25) is 0 Å². The number of anilines is 1. The Kier molecular flexibility index (Phi) is 4.52. The molecule has 0 spiro atoms. The second-order valence-electron chi connectivity index (χ2n) is 4.20. The molecule has 0 aliphatic heterocycles. The topological polar surface area (TPSA) is 83.5 Å². The van der Waals surface area contributed by atoms with E-state index >= 15 is 0 Å². The van der Waals surface area contributed by atoms with Gasteiger partial charge in [0.15, 0.2) is 0 Å². The van der Waals surface area contributed by atoms with Gasteiger partial charge in [-0.15, -0.1) is 0 Å². The van der Waals surface area contributed by atoms with Crippen molar-refractivity contribution in [2.24, 2.45) is 0 Å². The van der Waals surface area contributed by atoms with Crippen LogP contribution in [0.3, 0.4) is 0 Å². The van der Waals surface area contributed by atoms with E-state index in [0.29, 0.717) is 0 Å². The number of amides is 1. The summed E-state index contributed by atoms with van der Waals surface area (Å²) in [6.45, 7) is 0. The number of para-hydroxylation sites is 1. The molecule has 0 heterocycles. The molecule has 0 fully saturated rings. The summed E-state index contributed by atoms with van der Waals surface area (Å²) < 4.78 is 31.5. The van der Waals surface area contributed by atoms with Gasteiger partial charge in [0.05, 0.1) is 5.69 Å². The van der Waals surface area contributed by atoms with E-state index in [-0.39, 0.29) is 10.6 Å². The third-order valence-corrected chi connectivity index (χ3v) is 3.56. The summed E-state index contributed by atoms with van der Waals surface area (Å²) in [6.07, 6.45) is 2.89. The number of carbonyl (C=O) groups is 1. The van der Waals surface area contributed by atoms with E-state index < -0.39 is 16.0 Å². The van der Waals surface area contributed by atoms with Crippen molar-refractivity contribution in [1.82, 2.24) is 0 Å². The summed E-state index contributed by atoms with van der Waals surface area (Å²) in [5.41, 5.74) is 0.874. The summed E-state index contributed by atoms with van der Waals surface area (Å²) in [6, 6.07) is 14.8. The summed E-state index contributed by atoms with van der Waals surface area (Å²) in [5, 5.41) is 2.42. The van der Waals surface area contributed by atoms with Crippen molar-refractivity contribution in [3.8, 4) is 0 Å². The van der Waals surface area contributed by atoms with Crippen LogP contribution in [-0.2, 0) is 14.9 Å². The smallest absolute Gasteiger partial charge is 0.296 e. The maximum atomic E-state index is 11.8. The van der Waals surface area contributed by atoms with Crippen LogP contribution in [0.5, 0.6) is 0 Å². The standard InChI is InChI=1S/C15H13NO4S/c17-15(11-10-12-6-2-1-3-7-12)16-13-8-4-5-9-14(13)21(18,19)20/h1-11H,(H,16,17)(H,18,19,20)/b11-10+. The zero-order valence-electron chi connectivity index (χ0n) is 10.9. The summed E-state index contributed by atoms with van der Waals surface area (Å²) in [7, 11) is -4.39. The van der Waals surface area contributed by atoms with E-state index in [1.807, 2.05) is 30.3 Å². The van der Waals surface area contributed by atoms with Gasteiger partial charge in [-0.3, -0.25) is 9.35 Å². The highest BCUT2D eigenvalue weighted by Gasteiger charge is 2.15. The fourth-order valence-electron chi connectivity index (χ4n) is 1.71. The van der Waals surface area contributed by atoms with Gasteiger partial charge >= 0.3 is 0 Å². The predicted molar refractivity (Wildman–Crippen MR) is 80.4 cm³/mol. The Morgan fingerprint density at radius 2 is 1.62 bits per heavy atom. The molecule has 2 N–H and O–H groups in total. The average molecular weight is 303 g/mol. The van der Waals surface area contributed by atoms with Crippen LogP contribution in [0.15, 0.2) is 65.6 Å². The van der Waals surface area contributed by atoms with Crippen LogP contribution in [-0.4, -0.2) is 18.9 Å². The molecule has 2 aromatic carbocycles. The molecule has 6 heteroatoms. The van der Waals surface area contributed by atoms with E-state index in [9.17, 15) is 13.2 Å². The molecule has 0 radical (unpaired) electrons. The molecule has 1 amide bonds. The number of benzene rings is 2. The first-order valence-electron chi connectivity index (χ1n) is 6.07. The van der Waals surface area contributed by atoms with Crippen LogP contribution in [0.25, 0.3) is 6.08 Å². The highest BCUT2D eigenvalue weighted by atomic mass is 32.2. The Bertz CT molecular complexity index is 767. The van der Waals surface area contributed by atoms with E-state index in [2.05, 4.69) is 5.32 Å². The predicted octanol–water partition coefficient (Wildman–Crippen LogP) is 2.59. The second kappa shape index (κ2) is 6.34. The largest absolute Gasteiger partial charge is 0.321 e. The SMILES string of the molecule is O=C(/C=C/c1ccccc1)Nc1ccccc1S(=O)(=O)O. The van der Waals surface area contributed by atoms with Gasteiger partial charge in [-0.05, 0) is 23.8 Å². The van der Waals surface area contributed by atoms with Crippen molar-refractivity contribution in [2.75, 3.05) is 5.32 Å². The zero-order valence-corrected chi connectivity index (χ0v) is 11.7. The lowest BCUT2D eigenvalue weighted by atomic mass is 10.2. The quantitative estimate of drug-likeness (QED) is 0.671. The minimum absolute atomic E-state index is 0.0303. The summed E-state index contributed by atoms with van der Waals surface area (Å²) in [5.74, 6) is -0.491. The molecule has 2 aromatic rings. The molecule has 0 saturated carbocycles. The minimum atomic E-state index is -4.39. The van der Waals surface area contributed by atoms with Gasteiger partial charge in [0.25, 0.3) is 10.1 Å². The van der Waals surface area contributed by atoms with E-state index in [1.54, 1.807) is 12.1 Å². The third-order valence-electron chi connectivity index (χ3n) is 2.65. The van der Waals surface area contributed by atoms with Crippen molar-refractivity contribution in [1.29, 1.82) is 0 Å². The van der Waals surface area contributed by atoms with Crippen molar-refractivity contribution in [3.05, 3.63) is 66.2 Å². The van der Waals surface area contributed by atoms with Gasteiger partial charge in [-0.2, -0.15) is 8.42 Å². The maximum absolute atomic E-state index is 11.8. The average Bonchev–Trinajstić information content (AvgIpc) is 2.46. The Labute approximate surface area is 122 Å². The molecular weight excluding hydrogens is 290 g/mol. The molecule has 0 atom stereocenters. The fourth-order valence-corrected chi connectivity index (χ4v) is 2.35. The van der Waals surface area contributed by atoms with Crippen molar-refractivity contribution < 1.29 is 17.8 Å². The monoisotopic (exact) mass is 303 g/mol. The van der Waals surface area contributed by atoms with Gasteiger partial charge in [-0.25, -0.2) is 0 Å². The van der Waals surface area contributed by atoms with Gasteiger partial charge in [0.2, 0.25) is 5.91 Å². The summed E-state index contributed by atoms with van der Waals surface area (Å²) in [4.78, 5) is 11.4. The molecule has 0 aliphatic carbocycles. The maximum Gasteiger partial charge on any atom is 0.296 e. The van der Waals surface area contributed by atoms with Gasteiger partial charge in [0.1, 0.15) is 4.90 Å². The second-order valence-corrected chi connectivity index (χ2v) is 5.59. The fraction of sp³-hybridized carbons (Fsp3) is 0. The minimum Gasteiger partial charge on any atom is -0.321 e. The van der Waals surface area contributed by atoms with Gasteiger partial charge in [-0.1, -0.05) is 42.5 Å². The van der Waals surface area contributed by atoms with E-state index in [1.165, 1.54) is 24.3 Å². The first kappa shape index (κ1) is 15.0. The molecular formula is C15H13NO4S. The Hall–Kier alpha value is -2.44. The molecule has 21 heavy (non-hydrogen) atoms. The molecule has 5 nitrogen and oxygen atoms in total. The van der Waals surface area contributed by atoms with Gasteiger partial charge < -0.3 is 5.32 Å².